The molecule has 1 saturated heterocycles. The molecule has 2 aromatic carbocycles. The Morgan fingerprint density at radius 3 is 2.66 bits per heavy atom. The zero-order valence-corrected chi connectivity index (χ0v) is 18.9. The van der Waals surface area contributed by atoms with E-state index in [1.807, 2.05) is 60.0 Å². The van der Waals surface area contributed by atoms with Crippen molar-refractivity contribution < 1.29 is 9.84 Å². The minimum atomic E-state index is 0.0746. The number of aliphatic hydroxyl groups excluding tert-OH is 1. The summed E-state index contributed by atoms with van der Waals surface area (Å²) in [6.45, 7) is 2.99. The number of anilines is 1. The van der Waals surface area contributed by atoms with E-state index in [0.29, 0.717) is 5.02 Å². The maximum atomic E-state index is 9.90. The van der Waals surface area contributed by atoms with Crippen molar-refractivity contribution in [3.63, 3.8) is 0 Å². The van der Waals surface area contributed by atoms with Gasteiger partial charge in [0.05, 0.1) is 31.1 Å². The predicted octanol–water partition coefficient (Wildman–Crippen LogP) is 4.99. The number of aromatic nitrogens is 3. The summed E-state index contributed by atoms with van der Waals surface area (Å²) in [5.74, 6) is 1.65. The Bertz CT molecular complexity index is 1270. The fraction of sp³-hybridized carbons (Fsp3) is 0.280. The van der Waals surface area contributed by atoms with E-state index in [1.54, 1.807) is 7.11 Å². The molecule has 6 nitrogen and oxygen atoms in total. The summed E-state index contributed by atoms with van der Waals surface area (Å²) in [5, 5.41) is 15.4. The molecule has 0 bridgehead atoms. The standard InChI is InChI=1S/C25H25ClN4O2/c1-16-24(17-8-10-21(32-2)11-9-17)25-27-23(29-12-4-7-20(29)15-31)14-22(30(25)28-16)18-5-3-6-19(26)13-18/h3,5-6,8-11,13-14,20,31H,4,7,12,15H2,1-2H3. The largest absolute Gasteiger partial charge is 0.497 e. The topological polar surface area (TPSA) is 62.9 Å². The van der Waals surface area contributed by atoms with Gasteiger partial charge in [0.25, 0.3) is 0 Å². The smallest absolute Gasteiger partial charge is 0.166 e. The number of halogens is 1. The summed E-state index contributed by atoms with van der Waals surface area (Å²) in [6, 6.07) is 17.9. The molecule has 1 aliphatic heterocycles. The van der Waals surface area contributed by atoms with Crippen LogP contribution in [0.15, 0.2) is 54.6 Å². The highest BCUT2D eigenvalue weighted by molar-refractivity contribution is 6.30. The average Bonchev–Trinajstić information content (AvgIpc) is 3.42. The van der Waals surface area contributed by atoms with Gasteiger partial charge in [0.15, 0.2) is 5.65 Å². The first-order valence-electron chi connectivity index (χ1n) is 10.8. The number of ether oxygens (including phenoxy) is 1. The molecule has 1 aliphatic rings. The number of hydrogen-bond donors (Lipinski definition) is 1. The van der Waals surface area contributed by atoms with Crippen molar-refractivity contribution in [2.75, 3.05) is 25.2 Å². The number of rotatable bonds is 5. The van der Waals surface area contributed by atoms with Crippen LogP contribution < -0.4 is 9.64 Å². The predicted molar refractivity (Wildman–Crippen MR) is 128 cm³/mol. The van der Waals surface area contributed by atoms with Crippen LogP contribution in [0.1, 0.15) is 18.5 Å². The number of hydrogen-bond acceptors (Lipinski definition) is 5. The monoisotopic (exact) mass is 448 g/mol. The first kappa shape index (κ1) is 20.8. The lowest BCUT2D eigenvalue weighted by Gasteiger charge is -2.25. The fourth-order valence-corrected chi connectivity index (χ4v) is 4.72. The molecule has 3 heterocycles. The van der Waals surface area contributed by atoms with Crippen molar-refractivity contribution in [3.8, 4) is 28.1 Å². The van der Waals surface area contributed by atoms with Gasteiger partial charge in [-0.15, -0.1) is 0 Å². The minimum Gasteiger partial charge on any atom is -0.497 e. The van der Waals surface area contributed by atoms with E-state index in [1.165, 1.54) is 0 Å². The van der Waals surface area contributed by atoms with Gasteiger partial charge >= 0.3 is 0 Å². The lowest BCUT2D eigenvalue weighted by atomic mass is 10.1. The molecule has 5 rings (SSSR count). The van der Waals surface area contributed by atoms with Gasteiger partial charge in [-0.2, -0.15) is 5.10 Å². The first-order valence-corrected chi connectivity index (χ1v) is 11.1. The molecule has 0 radical (unpaired) electrons. The SMILES string of the molecule is COc1ccc(-c2c(C)nn3c(-c4cccc(Cl)c4)cc(N4CCCC4CO)nc23)cc1. The van der Waals surface area contributed by atoms with Crippen molar-refractivity contribution in [2.45, 2.75) is 25.8 Å². The highest BCUT2D eigenvalue weighted by Crippen LogP contribution is 2.35. The van der Waals surface area contributed by atoms with Crippen LogP contribution in [0.5, 0.6) is 5.75 Å². The molecule has 32 heavy (non-hydrogen) atoms. The molecule has 0 spiro atoms. The van der Waals surface area contributed by atoms with Crippen LogP contribution in [0.3, 0.4) is 0 Å². The van der Waals surface area contributed by atoms with Crippen LogP contribution >= 0.6 is 11.6 Å². The molecule has 164 valence electrons. The third kappa shape index (κ3) is 3.59. The van der Waals surface area contributed by atoms with Crippen LogP contribution in [0.4, 0.5) is 5.82 Å². The van der Waals surface area contributed by atoms with E-state index < -0.39 is 0 Å². The molecular weight excluding hydrogens is 424 g/mol. The second-order valence-electron chi connectivity index (χ2n) is 8.11. The summed E-state index contributed by atoms with van der Waals surface area (Å²) in [5.41, 5.74) is 5.57. The maximum Gasteiger partial charge on any atom is 0.166 e. The number of benzene rings is 2. The lowest BCUT2D eigenvalue weighted by Crippen LogP contribution is -2.32. The molecule has 2 aromatic heterocycles. The number of fused-ring (bicyclic) bond motifs is 1. The van der Waals surface area contributed by atoms with Gasteiger partial charge in [0.1, 0.15) is 11.6 Å². The van der Waals surface area contributed by atoms with Gasteiger partial charge in [-0.3, -0.25) is 0 Å². The quantitative estimate of drug-likeness (QED) is 0.465. The molecular formula is C25H25ClN4O2. The average molecular weight is 449 g/mol. The van der Waals surface area contributed by atoms with Crippen molar-refractivity contribution in [1.82, 2.24) is 14.6 Å². The summed E-state index contributed by atoms with van der Waals surface area (Å²) in [6.07, 6.45) is 1.99. The molecule has 1 atom stereocenters. The van der Waals surface area contributed by atoms with Crippen molar-refractivity contribution in [3.05, 3.63) is 65.3 Å². The highest BCUT2D eigenvalue weighted by Gasteiger charge is 2.27. The summed E-state index contributed by atoms with van der Waals surface area (Å²) in [7, 11) is 1.66. The van der Waals surface area contributed by atoms with Gasteiger partial charge < -0.3 is 14.7 Å². The Morgan fingerprint density at radius 2 is 1.94 bits per heavy atom. The summed E-state index contributed by atoms with van der Waals surface area (Å²) < 4.78 is 7.22. The lowest BCUT2D eigenvalue weighted by molar-refractivity contribution is 0.266. The zero-order chi connectivity index (χ0) is 22.2. The Kier molecular flexibility index (Phi) is 5.49. The Hall–Kier alpha value is -3.09. The number of methoxy groups -OCH3 is 1. The van der Waals surface area contributed by atoms with Gasteiger partial charge in [-0.05, 0) is 49.6 Å². The minimum absolute atomic E-state index is 0.0746. The fourth-order valence-electron chi connectivity index (χ4n) is 4.53. The molecule has 0 amide bonds. The van der Waals surface area contributed by atoms with Crippen molar-refractivity contribution >= 4 is 23.1 Å². The normalized spacial score (nSPS) is 16.1. The number of aliphatic hydroxyl groups is 1. The van der Waals surface area contributed by atoms with E-state index in [9.17, 15) is 5.11 Å². The van der Waals surface area contributed by atoms with Crippen LogP contribution in [0, 0.1) is 6.92 Å². The Labute approximate surface area is 192 Å². The first-order chi connectivity index (χ1) is 15.6. The molecule has 0 saturated carbocycles. The second-order valence-corrected chi connectivity index (χ2v) is 8.54. The molecule has 1 N–H and O–H groups in total. The molecule has 1 unspecified atom stereocenters. The number of nitrogens with zero attached hydrogens (tertiary/aromatic N) is 4. The van der Waals surface area contributed by atoms with Crippen molar-refractivity contribution in [2.24, 2.45) is 0 Å². The van der Waals surface area contributed by atoms with Gasteiger partial charge in [-0.1, -0.05) is 35.9 Å². The van der Waals surface area contributed by atoms with Crippen LogP contribution in [-0.2, 0) is 0 Å². The van der Waals surface area contributed by atoms with E-state index >= 15 is 0 Å². The summed E-state index contributed by atoms with van der Waals surface area (Å²) >= 11 is 6.32. The second kappa shape index (κ2) is 8.45. The van der Waals surface area contributed by atoms with Crippen LogP contribution in [0.2, 0.25) is 5.02 Å². The van der Waals surface area contributed by atoms with Crippen molar-refractivity contribution in [1.29, 1.82) is 0 Å². The molecule has 7 heteroatoms. The third-order valence-corrected chi connectivity index (χ3v) is 6.37. The maximum absolute atomic E-state index is 9.90. The van der Waals surface area contributed by atoms with E-state index in [2.05, 4.69) is 11.0 Å². The number of aryl methyl sites for hydroxylation is 1. The highest BCUT2D eigenvalue weighted by atomic mass is 35.5. The van der Waals surface area contributed by atoms with E-state index in [0.717, 1.165) is 64.7 Å². The Balaban J connectivity index is 1.76. The molecule has 0 aliphatic carbocycles. The van der Waals surface area contributed by atoms with Gasteiger partial charge in [0.2, 0.25) is 0 Å². The molecule has 4 aromatic rings. The summed E-state index contributed by atoms with van der Waals surface area (Å²) in [4.78, 5) is 7.26. The van der Waals surface area contributed by atoms with E-state index in [4.69, 9.17) is 26.4 Å². The van der Waals surface area contributed by atoms with Crippen LogP contribution in [0.25, 0.3) is 28.0 Å². The van der Waals surface area contributed by atoms with E-state index in [-0.39, 0.29) is 12.6 Å². The Morgan fingerprint density at radius 1 is 1.12 bits per heavy atom. The molecule has 1 fully saturated rings. The van der Waals surface area contributed by atoms with Gasteiger partial charge in [0, 0.05) is 28.8 Å². The zero-order valence-electron chi connectivity index (χ0n) is 18.1. The van der Waals surface area contributed by atoms with Gasteiger partial charge in [-0.25, -0.2) is 9.50 Å². The third-order valence-electron chi connectivity index (χ3n) is 6.13. The van der Waals surface area contributed by atoms with Crippen LogP contribution in [-0.4, -0.2) is 46.0 Å².